The zero-order chi connectivity index (χ0) is 18.9. The van der Waals surface area contributed by atoms with Crippen LogP contribution in [-0.4, -0.2) is 24.6 Å². The molecule has 0 bridgehead atoms. The highest BCUT2D eigenvalue weighted by molar-refractivity contribution is 5.95. The Morgan fingerprint density at radius 3 is 2.46 bits per heavy atom. The largest absolute Gasteiger partial charge is 0.493 e. The molecule has 1 atom stereocenters. The highest BCUT2D eigenvalue weighted by atomic mass is 19.1. The molecule has 0 saturated heterocycles. The molecular weight excluding hydrogens is 337 g/mol. The maximum absolute atomic E-state index is 12.9. The highest BCUT2D eigenvalue weighted by Gasteiger charge is 2.21. The topological polar surface area (TPSA) is 64.6 Å². The van der Waals surface area contributed by atoms with Crippen LogP contribution in [0.3, 0.4) is 0 Å². The van der Waals surface area contributed by atoms with E-state index in [-0.39, 0.29) is 13.0 Å². The fraction of sp³-hybridized carbons (Fsp3) is 0.300. The number of nitrogens with one attached hydrogen (secondary N) is 1. The van der Waals surface area contributed by atoms with Crippen LogP contribution in [0.25, 0.3) is 0 Å². The third-order valence-corrected chi connectivity index (χ3v) is 3.71. The van der Waals surface area contributed by atoms with Crippen LogP contribution in [0.2, 0.25) is 0 Å². The molecule has 0 aliphatic heterocycles. The Kier molecular flexibility index (Phi) is 7.14. The van der Waals surface area contributed by atoms with E-state index in [9.17, 15) is 14.0 Å². The molecule has 2 rings (SSSR count). The third-order valence-electron chi connectivity index (χ3n) is 3.71. The Balaban J connectivity index is 1.80. The number of aryl methyl sites for hydroxylation is 1. The van der Waals surface area contributed by atoms with E-state index in [0.29, 0.717) is 17.9 Å². The minimum absolute atomic E-state index is 0.0364. The molecule has 0 aromatic heterocycles. The molecule has 0 saturated carbocycles. The van der Waals surface area contributed by atoms with E-state index in [4.69, 9.17) is 9.47 Å². The first-order valence-electron chi connectivity index (χ1n) is 8.44. The summed E-state index contributed by atoms with van der Waals surface area (Å²) in [6.45, 7) is 3.83. The molecule has 0 spiro atoms. The van der Waals surface area contributed by atoms with Crippen LogP contribution >= 0.6 is 0 Å². The summed E-state index contributed by atoms with van der Waals surface area (Å²) in [7, 11) is 0. The van der Waals surface area contributed by atoms with Crippen molar-refractivity contribution in [3.05, 3.63) is 59.9 Å². The summed E-state index contributed by atoms with van der Waals surface area (Å²) < 4.78 is 23.7. The van der Waals surface area contributed by atoms with Gasteiger partial charge in [0.2, 0.25) is 0 Å². The zero-order valence-electron chi connectivity index (χ0n) is 14.8. The molecule has 5 nitrogen and oxygen atoms in total. The lowest BCUT2D eigenvalue weighted by Crippen LogP contribution is -2.32. The molecule has 26 heavy (non-hydrogen) atoms. The average Bonchev–Trinajstić information content (AvgIpc) is 2.63. The molecule has 2 aromatic rings. The van der Waals surface area contributed by atoms with Gasteiger partial charge in [0, 0.05) is 5.69 Å². The number of benzene rings is 2. The molecule has 1 unspecified atom stereocenters. The number of carbonyl (C=O) groups is 2. The first-order chi connectivity index (χ1) is 12.5. The van der Waals surface area contributed by atoms with E-state index < -0.39 is 23.8 Å². The Labute approximate surface area is 152 Å². The predicted molar refractivity (Wildman–Crippen MR) is 96.5 cm³/mol. The van der Waals surface area contributed by atoms with Crippen molar-refractivity contribution < 1.29 is 23.5 Å². The lowest BCUT2D eigenvalue weighted by molar-refractivity contribution is -0.154. The van der Waals surface area contributed by atoms with Gasteiger partial charge in [0.1, 0.15) is 11.6 Å². The van der Waals surface area contributed by atoms with Gasteiger partial charge in [0.15, 0.2) is 6.10 Å². The van der Waals surface area contributed by atoms with Gasteiger partial charge in [0.05, 0.1) is 13.0 Å². The van der Waals surface area contributed by atoms with Crippen molar-refractivity contribution in [3.8, 4) is 5.75 Å². The van der Waals surface area contributed by atoms with E-state index in [1.165, 1.54) is 24.3 Å². The molecule has 6 heteroatoms. The van der Waals surface area contributed by atoms with Crippen LogP contribution in [-0.2, 0) is 14.3 Å². The number of ether oxygens (including phenoxy) is 2. The molecule has 0 aliphatic rings. The van der Waals surface area contributed by atoms with Gasteiger partial charge >= 0.3 is 5.97 Å². The number of hydrogen-bond acceptors (Lipinski definition) is 4. The first-order valence-corrected chi connectivity index (χ1v) is 8.44. The van der Waals surface area contributed by atoms with Crippen molar-refractivity contribution in [2.45, 2.75) is 32.8 Å². The number of para-hydroxylation sites is 1. The van der Waals surface area contributed by atoms with Crippen molar-refractivity contribution in [1.82, 2.24) is 0 Å². The monoisotopic (exact) mass is 359 g/mol. The second-order valence-corrected chi connectivity index (χ2v) is 5.75. The smallest absolute Gasteiger partial charge is 0.310 e. The summed E-state index contributed by atoms with van der Waals surface area (Å²) in [5.41, 5.74) is 1.42. The summed E-state index contributed by atoms with van der Waals surface area (Å²) in [4.78, 5) is 24.1. The molecular formula is C20H22FNO4. The Hall–Kier alpha value is -2.89. The second kappa shape index (κ2) is 9.56. The number of halogens is 1. The van der Waals surface area contributed by atoms with E-state index in [1.807, 2.05) is 31.2 Å². The van der Waals surface area contributed by atoms with Crippen LogP contribution in [0.5, 0.6) is 5.75 Å². The van der Waals surface area contributed by atoms with Crippen LogP contribution in [0.1, 0.15) is 25.3 Å². The van der Waals surface area contributed by atoms with Crippen LogP contribution in [0, 0.1) is 12.7 Å². The normalized spacial score (nSPS) is 11.5. The molecule has 1 N–H and O–H groups in total. The lowest BCUT2D eigenvalue weighted by atomic mass is 10.2. The van der Waals surface area contributed by atoms with Crippen molar-refractivity contribution in [2.75, 3.05) is 11.9 Å². The van der Waals surface area contributed by atoms with Gasteiger partial charge in [-0.1, -0.05) is 25.1 Å². The van der Waals surface area contributed by atoms with Crippen molar-refractivity contribution in [2.24, 2.45) is 0 Å². The van der Waals surface area contributed by atoms with Crippen LogP contribution < -0.4 is 10.1 Å². The maximum atomic E-state index is 12.9. The van der Waals surface area contributed by atoms with E-state index in [1.54, 1.807) is 6.92 Å². The number of anilines is 1. The van der Waals surface area contributed by atoms with Gasteiger partial charge in [-0.05, 0) is 49.2 Å². The van der Waals surface area contributed by atoms with E-state index in [0.717, 1.165) is 5.56 Å². The Morgan fingerprint density at radius 1 is 1.12 bits per heavy atom. The maximum Gasteiger partial charge on any atom is 0.310 e. The number of amides is 1. The van der Waals surface area contributed by atoms with Gasteiger partial charge in [-0.3, -0.25) is 9.59 Å². The zero-order valence-corrected chi connectivity index (χ0v) is 14.8. The molecule has 0 fully saturated rings. The summed E-state index contributed by atoms with van der Waals surface area (Å²) in [5, 5.41) is 2.60. The van der Waals surface area contributed by atoms with Gasteiger partial charge in [-0.15, -0.1) is 0 Å². The number of carbonyl (C=O) groups excluding carboxylic acids is 2. The quantitative estimate of drug-likeness (QED) is 0.727. The SMILES string of the molecule is CCC(OC(=O)CCOc1ccccc1C)C(=O)Nc1ccc(F)cc1. The standard InChI is InChI=1S/C20H22FNO4/c1-3-17(20(24)22-16-10-8-15(21)9-11-16)26-19(23)12-13-25-18-7-5-4-6-14(18)2/h4-11,17H,3,12-13H2,1-2H3,(H,22,24). The molecule has 0 aliphatic carbocycles. The summed E-state index contributed by atoms with van der Waals surface area (Å²) in [6, 6.07) is 12.9. The highest BCUT2D eigenvalue weighted by Crippen LogP contribution is 2.16. The fourth-order valence-corrected chi connectivity index (χ4v) is 2.26. The summed E-state index contributed by atoms with van der Waals surface area (Å²) in [6.07, 6.45) is -0.544. The fourth-order valence-electron chi connectivity index (χ4n) is 2.26. The first kappa shape index (κ1) is 19.4. The van der Waals surface area contributed by atoms with Crippen LogP contribution in [0.4, 0.5) is 10.1 Å². The van der Waals surface area contributed by atoms with Gasteiger partial charge in [-0.2, -0.15) is 0 Å². The summed E-state index contributed by atoms with van der Waals surface area (Å²) >= 11 is 0. The van der Waals surface area contributed by atoms with Crippen molar-refractivity contribution in [1.29, 1.82) is 0 Å². The van der Waals surface area contributed by atoms with E-state index in [2.05, 4.69) is 5.32 Å². The van der Waals surface area contributed by atoms with Gasteiger partial charge < -0.3 is 14.8 Å². The lowest BCUT2D eigenvalue weighted by Gasteiger charge is -2.16. The minimum atomic E-state index is -0.911. The molecule has 0 radical (unpaired) electrons. The molecule has 2 aromatic carbocycles. The van der Waals surface area contributed by atoms with Crippen molar-refractivity contribution in [3.63, 3.8) is 0 Å². The van der Waals surface area contributed by atoms with E-state index >= 15 is 0 Å². The van der Waals surface area contributed by atoms with Crippen molar-refractivity contribution >= 4 is 17.6 Å². The van der Waals surface area contributed by atoms with Crippen LogP contribution in [0.15, 0.2) is 48.5 Å². The minimum Gasteiger partial charge on any atom is -0.493 e. The molecule has 1 amide bonds. The second-order valence-electron chi connectivity index (χ2n) is 5.75. The third kappa shape index (κ3) is 5.88. The number of hydrogen-bond donors (Lipinski definition) is 1. The van der Waals surface area contributed by atoms with Gasteiger partial charge in [0.25, 0.3) is 5.91 Å². The molecule has 0 heterocycles. The average molecular weight is 359 g/mol. The Morgan fingerprint density at radius 2 is 1.81 bits per heavy atom. The number of esters is 1. The number of rotatable bonds is 8. The Bertz CT molecular complexity index is 746. The predicted octanol–water partition coefficient (Wildman–Crippen LogP) is 3.86. The summed E-state index contributed by atoms with van der Waals surface area (Å²) in [5.74, 6) is -0.650. The van der Waals surface area contributed by atoms with Gasteiger partial charge in [-0.25, -0.2) is 4.39 Å². The molecule has 138 valence electrons.